The molecule has 6 heteroatoms. The molecule has 0 aliphatic heterocycles. The van der Waals surface area contributed by atoms with Gasteiger partial charge >= 0.3 is 0 Å². The van der Waals surface area contributed by atoms with E-state index in [-0.39, 0.29) is 31.0 Å². The van der Waals surface area contributed by atoms with Crippen molar-refractivity contribution >= 4 is 23.4 Å². The molecule has 0 bridgehead atoms. The van der Waals surface area contributed by atoms with Crippen molar-refractivity contribution in [2.75, 3.05) is 6.61 Å². The van der Waals surface area contributed by atoms with Gasteiger partial charge in [0.2, 0.25) is 5.91 Å². The van der Waals surface area contributed by atoms with Crippen molar-refractivity contribution in [1.29, 1.82) is 0 Å². The Hall–Kier alpha value is -3.31. The van der Waals surface area contributed by atoms with Gasteiger partial charge < -0.3 is 15.0 Å². The molecule has 1 fully saturated rings. The van der Waals surface area contributed by atoms with E-state index in [9.17, 15) is 9.59 Å². The lowest BCUT2D eigenvalue weighted by atomic mass is 10.0. The highest BCUT2D eigenvalue weighted by molar-refractivity contribution is 6.30. The highest BCUT2D eigenvalue weighted by atomic mass is 35.5. The molecule has 4 rings (SSSR count). The van der Waals surface area contributed by atoms with E-state index in [2.05, 4.69) is 19.2 Å². The smallest absolute Gasteiger partial charge is 0.261 e. The molecule has 5 nitrogen and oxygen atoms in total. The number of carbonyl (C=O) groups excluding carboxylic acids is 2. The number of benzene rings is 3. The minimum absolute atomic E-state index is 0.121. The van der Waals surface area contributed by atoms with Crippen LogP contribution < -0.4 is 10.1 Å². The van der Waals surface area contributed by atoms with Gasteiger partial charge in [-0.3, -0.25) is 9.59 Å². The fourth-order valence-corrected chi connectivity index (χ4v) is 5.01. The van der Waals surface area contributed by atoms with E-state index in [1.165, 1.54) is 5.56 Å². The number of amides is 2. The maximum Gasteiger partial charge on any atom is 0.261 e. The van der Waals surface area contributed by atoms with Crippen LogP contribution in [0.4, 0.5) is 0 Å². The number of nitrogens with one attached hydrogen (secondary N) is 1. The third-order valence-electron chi connectivity index (χ3n) is 7.15. The second-order valence-electron chi connectivity index (χ2n) is 10.4. The number of hydrogen-bond acceptors (Lipinski definition) is 3. The monoisotopic (exact) mass is 532 g/mol. The summed E-state index contributed by atoms with van der Waals surface area (Å²) in [6, 6.07) is 24.5. The topological polar surface area (TPSA) is 58.6 Å². The third-order valence-corrected chi connectivity index (χ3v) is 7.40. The predicted molar refractivity (Wildman–Crippen MR) is 152 cm³/mol. The second kappa shape index (κ2) is 13.5. The van der Waals surface area contributed by atoms with Crippen LogP contribution in [0.2, 0.25) is 5.02 Å². The Labute approximate surface area is 231 Å². The Morgan fingerprint density at radius 3 is 2.21 bits per heavy atom. The summed E-state index contributed by atoms with van der Waals surface area (Å²) in [5.41, 5.74) is 3.11. The van der Waals surface area contributed by atoms with E-state index in [1.54, 1.807) is 17.0 Å². The van der Waals surface area contributed by atoms with E-state index >= 15 is 0 Å². The molecule has 1 N–H and O–H groups in total. The van der Waals surface area contributed by atoms with Gasteiger partial charge in [-0.25, -0.2) is 0 Å². The van der Waals surface area contributed by atoms with Crippen LogP contribution in [-0.4, -0.2) is 35.4 Å². The molecule has 0 saturated heterocycles. The molecule has 3 aromatic rings. The lowest BCUT2D eigenvalue weighted by Gasteiger charge is -2.32. The van der Waals surface area contributed by atoms with Gasteiger partial charge in [-0.05, 0) is 59.7 Å². The van der Waals surface area contributed by atoms with Crippen LogP contribution in [0.3, 0.4) is 0 Å². The molecule has 0 aromatic heterocycles. The molecule has 1 aliphatic carbocycles. The number of halogens is 1. The van der Waals surface area contributed by atoms with E-state index in [0.29, 0.717) is 23.1 Å². The van der Waals surface area contributed by atoms with Crippen molar-refractivity contribution in [2.24, 2.45) is 0 Å². The number of rotatable bonds is 11. The van der Waals surface area contributed by atoms with Crippen LogP contribution in [-0.2, 0) is 22.6 Å². The first-order valence-corrected chi connectivity index (χ1v) is 13.9. The van der Waals surface area contributed by atoms with Crippen molar-refractivity contribution in [2.45, 2.75) is 70.5 Å². The summed E-state index contributed by atoms with van der Waals surface area (Å²) in [4.78, 5) is 29.1. The van der Waals surface area contributed by atoms with E-state index in [0.717, 1.165) is 36.8 Å². The molecule has 0 radical (unpaired) electrons. The fourth-order valence-electron chi connectivity index (χ4n) is 4.88. The molecule has 38 heavy (non-hydrogen) atoms. The van der Waals surface area contributed by atoms with Gasteiger partial charge in [0.05, 0.1) is 0 Å². The summed E-state index contributed by atoms with van der Waals surface area (Å²) in [7, 11) is 0. The fraction of sp³-hybridized carbons (Fsp3) is 0.375. The molecule has 1 aliphatic rings. The van der Waals surface area contributed by atoms with Gasteiger partial charge in [0.15, 0.2) is 6.61 Å². The molecule has 0 unspecified atom stereocenters. The zero-order valence-electron chi connectivity index (χ0n) is 22.2. The van der Waals surface area contributed by atoms with Crippen molar-refractivity contribution in [1.82, 2.24) is 10.2 Å². The zero-order chi connectivity index (χ0) is 26.9. The third kappa shape index (κ3) is 7.84. The SMILES string of the molecule is CC(C)c1ccc(OCC(=O)N(Cc2ccc(Cl)cc2)[C@@H](Cc2ccccc2)C(=O)NC2CCCC2)cc1. The number of ether oxygens (including phenoxy) is 1. The molecule has 1 saturated carbocycles. The Balaban J connectivity index is 1.58. The summed E-state index contributed by atoms with van der Waals surface area (Å²) in [6.45, 7) is 4.40. The van der Waals surface area contributed by atoms with Crippen LogP contribution >= 0.6 is 11.6 Å². The lowest BCUT2D eigenvalue weighted by molar-refractivity contribution is -0.143. The van der Waals surface area contributed by atoms with E-state index in [4.69, 9.17) is 16.3 Å². The molecular formula is C32H37ClN2O3. The largest absolute Gasteiger partial charge is 0.484 e. The van der Waals surface area contributed by atoms with Gasteiger partial charge in [-0.1, -0.05) is 92.9 Å². The summed E-state index contributed by atoms with van der Waals surface area (Å²) >= 11 is 6.11. The van der Waals surface area contributed by atoms with Gasteiger partial charge in [0, 0.05) is 24.0 Å². The lowest BCUT2D eigenvalue weighted by Crippen LogP contribution is -2.53. The Bertz CT molecular complexity index is 1170. The quantitative estimate of drug-likeness (QED) is 0.305. The predicted octanol–water partition coefficient (Wildman–Crippen LogP) is 6.54. The van der Waals surface area contributed by atoms with Crippen molar-refractivity contribution in [3.8, 4) is 5.75 Å². The van der Waals surface area contributed by atoms with Crippen molar-refractivity contribution < 1.29 is 14.3 Å². The van der Waals surface area contributed by atoms with Gasteiger partial charge in [0.25, 0.3) is 5.91 Å². The first kappa shape index (κ1) is 27.7. The maximum absolute atomic E-state index is 13.7. The summed E-state index contributed by atoms with van der Waals surface area (Å²) in [5.74, 6) is 0.682. The zero-order valence-corrected chi connectivity index (χ0v) is 23.0. The number of hydrogen-bond donors (Lipinski definition) is 1. The van der Waals surface area contributed by atoms with Gasteiger partial charge in [0.1, 0.15) is 11.8 Å². The van der Waals surface area contributed by atoms with Crippen LogP contribution in [0.15, 0.2) is 78.9 Å². The summed E-state index contributed by atoms with van der Waals surface area (Å²) in [6.07, 6.45) is 4.60. The molecule has 1 atom stereocenters. The van der Waals surface area contributed by atoms with Gasteiger partial charge in [-0.15, -0.1) is 0 Å². The van der Waals surface area contributed by atoms with Crippen LogP contribution in [0.1, 0.15) is 62.1 Å². The van der Waals surface area contributed by atoms with Crippen molar-refractivity contribution in [3.05, 3.63) is 101 Å². The second-order valence-corrected chi connectivity index (χ2v) is 10.8. The normalized spacial score (nSPS) is 14.3. The molecule has 3 aromatic carbocycles. The van der Waals surface area contributed by atoms with E-state index in [1.807, 2.05) is 66.7 Å². The Kier molecular flexibility index (Phi) is 9.83. The van der Waals surface area contributed by atoms with Crippen LogP contribution in [0.5, 0.6) is 5.75 Å². The first-order valence-electron chi connectivity index (χ1n) is 13.5. The minimum Gasteiger partial charge on any atom is -0.484 e. The Morgan fingerprint density at radius 1 is 0.921 bits per heavy atom. The number of nitrogens with zero attached hydrogens (tertiary/aromatic N) is 1. The minimum atomic E-state index is -0.673. The maximum atomic E-state index is 13.7. The van der Waals surface area contributed by atoms with Crippen molar-refractivity contribution in [3.63, 3.8) is 0 Å². The molecule has 2 amide bonds. The molecule has 0 spiro atoms. The highest BCUT2D eigenvalue weighted by Crippen LogP contribution is 2.22. The highest BCUT2D eigenvalue weighted by Gasteiger charge is 2.32. The first-order chi connectivity index (χ1) is 18.4. The summed E-state index contributed by atoms with van der Waals surface area (Å²) in [5, 5.41) is 3.85. The van der Waals surface area contributed by atoms with E-state index < -0.39 is 6.04 Å². The average molecular weight is 533 g/mol. The summed E-state index contributed by atoms with van der Waals surface area (Å²) < 4.78 is 5.91. The standard InChI is InChI=1S/C32H37ClN2O3/c1-23(2)26-14-18-29(19-15-26)38-22-31(36)35(21-25-12-16-27(33)17-13-25)30(20-24-8-4-3-5-9-24)32(37)34-28-10-6-7-11-28/h3-5,8-9,12-19,23,28,30H,6-7,10-11,20-22H2,1-2H3,(H,34,37)/t30-/m0/s1. The van der Waals surface area contributed by atoms with Gasteiger partial charge in [-0.2, -0.15) is 0 Å². The molecule has 200 valence electrons. The van der Waals surface area contributed by atoms with Crippen LogP contribution in [0, 0.1) is 0 Å². The number of carbonyl (C=O) groups is 2. The Morgan fingerprint density at radius 2 is 1.58 bits per heavy atom. The average Bonchev–Trinajstić information content (AvgIpc) is 3.44. The molecular weight excluding hydrogens is 496 g/mol. The molecule has 0 heterocycles. The van der Waals surface area contributed by atoms with Crippen LogP contribution in [0.25, 0.3) is 0 Å².